The van der Waals surface area contributed by atoms with Gasteiger partial charge in [-0.15, -0.1) is 11.3 Å². The maximum atomic E-state index is 14.0. The van der Waals surface area contributed by atoms with Crippen molar-refractivity contribution in [1.82, 2.24) is 9.78 Å². The van der Waals surface area contributed by atoms with Gasteiger partial charge in [0, 0.05) is 17.4 Å². The normalized spacial score (nSPS) is 19.2. The highest BCUT2D eigenvalue weighted by Crippen LogP contribution is 2.44. The molecule has 3 aromatic rings. The van der Waals surface area contributed by atoms with Crippen molar-refractivity contribution in [3.63, 3.8) is 0 Å². The number of benzene rings is 1. The molecule has 37 heavy (non-hydrogen) atoms. The first-order valence-electron chi connectivity index (χ1n) is 12.4. The molecule has 1 amide bonds. The number of anilines is 2. The zero-order valence-electron chi connectivity index (χ0n) is 20.2. The summed E-state index contributed by atoms with van der Waals surface area (Å²) >= 11 is 1.33. The Labute approximate surface area is 216 Å². The lowest BCUT2D eigenvalue weighted by atomic mass is 9.97. The van der Waals surface area contributed by atoms with Crippen molar-refractivity contribution in [1.29, 1.82) is 0 Å². The summed E-state index contributed by atoms with van der Waals surface area (Å²) in [5.74, 6) is -1.08. The molecule has 0 radical (unpaired) electrons. The van der Waals surface area contributed by atoms with Gasteiger partial charge in [0.2, 0.25) is 0 Å². The van der Waals surface area contributed by atoms with Crippen LogP contribution in [0.4, 0.5) is 24.0 Å². The number of nitrogens with zero attached hydrogens (tertiary/aromatic N) is 2. The van der Waals surface area contributed by atoms with Crippen molar-refractivity contribution in [3.8, 4) is 0 Å². The molecule has 196 valence electrons. The Hall–Kier alpha value is -3.34. The number of thiophene rings is 1. The number of carbonyl (C=O) groups excluding carboxylic acids is 2. The zero-order valence-corrected chi connectivity index (χ0v) is 21.0. The van der Waals surface area contributed by atoms with Crippen LogP contribution in [0.5, 0.6) is 0 Å². The van der Waals surface area contributed by atoms with Gasteiger partial charge in [0.15, 0.2) is 11.7 Å². The summed E-state index contributed by atoms with van der Waals surface area (Å²) in [6.07, 6.45) is -0.303. The summed E-state index contributed by atoms with van der Waals surface area (Å²) in [6, 6.07) is 7.73. The molecule has 5 rings (SSSR count). The molecule has 2 atom stereocenters. The second-order valence-electron chi connectivity index (χ2n) is 9.20. The number of hydrogen-bond acceptors (Lipinski definition) is 6. The molecule has 2 aliphatic rings. The highest BCUT2D eigenvalue weighted by atomic mass is 32.1. The van der Waals surface area contributed by atoms with Crippen molar-refractivity contribution in [3.05, 3.63) is 63.7 Å². The van der Waals surface area contributed by atoms with Crippen LogP contribution in [-0.2, 0) is 17.6 Å². The minimum atomic E-state index is -4.55. The van der Waals surface area contributed by atoms with Crippen molar-refractivity contribution in [2.45, 2.75) is 63.7 Å². The number of aromatic nitrogens is 2. The standard InChI is InChI=1S/C26H27F3N4O3S/c1-2-36-25(35)22-16-11-7-4-8-12-19(16)37-24(22)31-23(34)18-14-21-30-17(15-9-5-3-6-10-15)13-20(26(27,28)29)33(21)32-18/h3,5-6,9-10,14,17,20,30H,2,4,7-8,11-13H2,1H3,(H,31,34)/t17-,20-/m0/s1. The minimum absolute atomic E-state index is 0.111. The molecule has 1 aliphatic heterocycles. The largest absolute Gasteiger partial charge is 0.462 e. The maximum Gasteiger partial charge on any atom is 0.410 e. The Morgan fingerprint density at radius 2 is 1.95 bits per heavy atom. The Kier molecular flexibility index (Phi) is 6.98. The number of aryl methyl sites for hydroxylation is 1. The predicted octanol–water partition coefficient (Wildman–Crippen LogP) is 6.30. The highest BCUT2D eigenvalue weighted by Gasteiger charge is 2.47. The van der Waals surface area contributed by atoms with Crippen molar-refractivity contribution >= 4 is 34.0 Å². The van der Waals surface area contributed by atoms with E-state index in [1.165, 1.54) is 17.4 Å². The molecular formula is C26H27F3N4O3S. The van der Waals surface area contributed by atoms with Crippen LogP contribution < -0.4 is 10.6 Å². The number of nitrogens with one attached hydrogen (secondary N) is 2. The monoisotopic (exact) mass is 532 g/mol. The van der Waals surface area contributed by atoms with E-state index in [2.05, 4.69) is 15.7 Å². The minimum Gasteiger partial charge on any atom is -0.462 e. The summed E-state index contributed by atoms with van der Waals surface area (Å²) < 4.78 is 48.1. The summed E-state index contributed by atoms with van der Waals surface area (Å²) in [7, 11) is 0. The van der Waals surface area contributed by atoms with E-state index >= 15 is 0 Å². The lowest BCUT2D eigenvalue weighted by Crippen LogP contribution is -2.35. The molecule has 11 heteroatoms. The third kappa shape index (κ3) is 5.09. The van der Waals surface area contributed by atoms with Crippen LogP contribution in [0, 0.1) is 0 Å². The van der Waals surface area contributed by atoms with Gasteiger partial charge in [-0.1, -0.05) is 36.8 Å². The number of amides is 1. The first-order valence-corrected chi connectivity index (χ1v) is 13.2. The molecule has 7 nitrogen and oxygen atoms in total. The molecule has 2 N–H and O–H groups in total. The van der Waals surface area contributed by atoms with E-state index in [0.717, 1.165) is 46.4 Å². The fourth-order valence-electron chi connectivity index (χ4n) is 5.01. The molecule has 2 aromatic heterocycles. The van der Waals surface area contributed by atoms with Crippen LogP contribution in [-0.4, -0.2) is 34.4 Å². The average Bonchev–Trinajstić information content (AvgIpc) is 3.37. The number of alkyl halides is 3. The second-order valence-corrected chi connectivity index (χ2v) is 10.3. The smallest absolute Gasteiger partial charge is 0.410 e. The summed E-state index contributed by atoms with van der Waals surface area (Å²) in [4.78, 5) is 27.0. The highest BCUT2D eigenvalue weighted by molar-refractivity contribution is 7.17. The Bertz CT molecular complexity index is 1300. The molecule has 0 bridgehead atoms. The third-order valence-corrected chi connectivity index (χ3v) is 7.96. The van der Waals surface area contributed by atoms with Gasteiger partial charge in [0.05, 0.1) is 18.2 Å². The van der Waals surface area contributed by atoms with Crippen LogP contribution in [0.2, 0.25) is 0 Å². The van der Waals surface area contributed by atoms with Crippen molar-refractivity contribution in [2.24, 2.45) is 0 Å². The molecule has 0 fully saturated rings. The number of carbonyl (C=O) groups is 2. The summed E-state index contributed by atoms with van der Waals surface area (Å²) in [5, 5.41) is 10.2. The molecule has 1 aromatic carbocycles. The number of ether oxygens (including phenoxy) is 1. The lowest BCUT2D eigenvalue weighted by Gasteiger charge is -2.33. The first kappa shape index (κ1) is 25.3. The maximum absolute atomic E-state index is 14.0. The van der Waals surface area contributed by atoms with E-state index in [-0.39, 0.29) is 24.5 Å². The molecule has 0 saturated carbocycles. The van der Waals surface area contributed by atoms with Crippen molar-refractivity contribution < 1.29 is 27.5 Å². The molecule has 3 heterocycles. The van der Waals surface area contributed by atoms with Gasteiger partial charge in [-0.05, 0) is 43.7 Å². The predicted molar refractivity (Wildman–Crippen MR) is 134 cm³/mol. The fourth-order valence-corrected chi connectivity index (χ4v) is 6.28. The SMILES string of the molecule is CCOC(=O)c1c(NC(=O)c2cc3n(n2)[C@H](C(F)(F)F)C[C@@H](c2ccccc2)N3)sc2c1CCCCC2. The number of esters is 1. The summed E-state index contributed by atoms with van der Waals surface area (Å²) in [5.41, 5.74) is 1.79. The number of hydrogen-bond donors (Lipinski definition) is 2. The van der Waals surface area contributed by atoms with E-state index in [0.29, 0.717) is 17.0 Å². The van der Waals surface area contributed by atoms with Gasteiger partial charge in [-0.25, -0.2) is 9.48 Å². The zero-order chi connectivity index (χ0) is 26.2. The average molecular weight is 533 g/mol. The van der Waals surface area contributed by atoms with Gasteiger partial charge in [-0.2, -0.15) is 18.3 Å². The van der Waals surface area contributed by atoms with Gasteiger partial charge in [-0.3, -0.25) is 4.79 Å². The van der Waals surface area contributed by atoms with Gasteiger partial charge in [0.1, 0.15) is 10.8 Å². The van der Waals surface area contributed by atoms with E-state index in [9.17, 15) is 22.8 Å². The number of rotatable bonds is 5. The molecule has 0 saturated heterocycles. The Balaban J connectivity index is 1.46. The van der Waals surface area contributed by atoms with Crippen LogP contribution in [0.1, 0.15) is 81.5 Å². The van der Waals surface area contributed by atoms with Crippen LogP contribution in [0.25, 0.3) is 0 Å². The van der Waals surface area contributed by atoms with Crippen molar-refractivity contribution in [2.75, 3.05) is 17.2 Å². The van der Waals surface area contributed by atoms with E-state index in [1.54, 1.807) is 37.3 Å². The second kappa shape index (κ2) is 10.2. The van der Waals surface area contributed by atoms with Gasteiger partial charge < -0.3 is 15.4 Å². The first-order chi connectivity index (χ1) is 17.8. The van der Waals surface area contributed by atoms with Gasteiger partial charge >= 0.3 is 12.1 Å². The van der Waals surface area contributed by atoms with Crippen LogP contribution >= 0.6 is 11.3 Å². The quantitative estimate of drug-likeness (QED) is 0.297. The van der Waals surface area contributed by atoms with Gasteiger partial charge in [0.25, 0.3) is 5.91 Å². The van der Waals surface area contributed by atoms with Crippen LogP contribution in [0.15, 0.2) is 36.4 Å². The molecule has 0 spiro atoms. The Morgan fingerprint density at radius 3 is 2.68 bits per heavy atom. The molecule has 1 aliphatic carbocycles. The van der Waals surface area contributed by atoms with Crippen LogP contribution in [0.3, 0.4) is 0 Å². The van der Waals surface area contributed by atoms with E-state index < -0.39 is 30.1 Å². The number of halogens is 3. The summed E-state index contributed by atoms with van der Waals surface area (Å²) in [6.45, 7) is 1.90. The Morgan fingerprint density at radius 1 is 1.19 bits per heavy atom. The van der Waals surface area contributed by atoms with E-state index in [1.807, 2.05) is 0 Å². The number of fused-ring (bicyclic) bond motifs is 2. The topological polar surface area (TPSA) is 85.2 Å². The lowest BCUT2D eigenvalue weighted by molar-refractivity contribution is -0.173. The fraction of sp³-hybridized carbons (Fsp3) is 0.423. The third-order valence-electron chi connectivity index (χ3n) is 6.75. The molecule has 0 unspecified atom stereocenters. The van der Waals surface area contributed by atoms with E-state index in [4.69, 9.17) is 4.74 Å². The molecular weight excluding hydrogens is 505 g/mol.